The molecule has 0 saturated carbocycles. The van der Waals surface area contributed by atoms with Crippen molar-refractivity contribution in [2.24, 2.45) is 0 Å². The van der Waals surface area contributed by atoms with Crippen LogP contribution < -0.4 is 5.32 Å². The highest BCUT2D eigenvalue weighted by atomic mass is 16.3. The molecule has 7 nitrogen and oxygen atoms in total. The van der Waals surface area contributed by atoms with Gasteiger partial charge in [0.25, 0.3) is 0 Å². The van der Waals surface area contributed by atoms with Crippen LogP contribution >= 0.6 is 0 Å². The summed E-state index contributed by atoms with van der Waals surface area (Å²) in [6.07, 6.45) is 6.60. The summed E-state index contributed by atoms with van der Waals surface area (Å²) < 4.78 is 1.77. The molecule has 0 aromatic carbocycles. The smallest absolute Gasteiger partial charge is 0.0990 e. The van der Waals surface area contributed by atoms with Crippen LogP contribution in [0, 0.1) is 0 Å². The van der Waals surface area contributed by atoms with Crippen LogP contribution in [0.15, 0.2) is 12.3 Å². The molecule has 0 unspecified atom stereocenters. The van der Waals surface area contributed by atoms with Crippen molar-refractivity contribution in [2.45, 2.75) is 56.5 Å². The van der Waals surface area contributed by atoms with Crippen molar-refractivity contribution in [3.05, 3.63) is 18.0 Å². The maximum atomic E-state index is 10.1. The molecule has 1 aromatic heterocycles. The summed E-state index contributed by atoms with van der Waals surface area (Å²) in [7, 11) is 0. The number of allylic oxidation sites excluding steroid dienone is 2. The Morgan fingerprint density at radius 1 is 1.24 bits per heavy atom. The van der Waals surface area contributed by atoms with Crippen molar-refractivity contribution in [1.29, 1.82) is 0 Å². The number of hydrogen-bond acceptors (Lipinski definition) is 6. The van der Waals surface area contributed by atoms with E-state index in [1.165, 1.54) is 18.4 Å². The molecule has 4 N–H and O–H groups in total. The Morgan fingerprint density at radius 3 is 2.71 bits per heavy atom. The molecule has 0 amide bonds. The van der Waals surface area contributed by atoms with Crippen molar-refractivity contribution < 1.29 is 15.3 Å². The van der Waals surface area contributed by atoms with Gasteiger partial charge in [0.05, 0.1) is 49.3 Å². The molecule has 1 aliphatic heterocycles. The Hall–Kier alpha value is -1.28. The highest BCUT2D eigenvalue weighted by molar-refractivity contribution is 5.62. The zero-order chi connectivity index (χ0) is 14.8. The van der Waals surface area contributed by atoms with Gasteiger partial charge in [0.15, 0.2) is 0 Å². The highest BCUT2D eigenvalue weighted by Gasteiger charge is 2.40. The van der Waals surface area contributed by atoms with Crippen LogP contribution in [0.5, 0.6) is 0 Å². The van der Waals surface area contributed by atoms with E-state index < -0.39 is 18.2 Å². The first kappa shape index (κ1) is 14.6. The van der Waals surface area contributed by atoms with Gasteiger partial charge >= 0.3 is 0 Å². The summed E-state index contributed by atoms with van der Waals surface area (Å²) in [5, 5.41) is 40.2. The zero-order valence-electron chi connectivity index (χ0n) is 11.9. The standard InChI is InChI=1S/C14H22N4O3/c19-8-11-14(21)13(20)10(16-11)7-18-12(6-15-17-18)9-4-2-1-3-5-9/h4,6,10-11,13-14,16,19-21H,1-3,5,7-8H2/t10-,11-,13-,14-/m1/s1. The first-order valence-electron chi connectivity index (χ1n) is 7.51. The molecular weight excluding hydrogens is 272 g/mol. The number of rotatable bonds is 4. The second-order valence-corrected chi connectivity index (χ2v) is 5.82. The topological polar surface area (TPSA) is 103 Å². The van der Waals surface area contributed by atoms with E-state index in [-0.39, 0.29) is 12.6 Å². The van der Waals surface area contributed by atoms with Crippen LogP contribution in [0.25, 0.3) is 5.57 Å². The van der Waals surface area contributed by atoms with E-state index >= 15 is 0 Å². The monoisotopic (exact) mass is 294 g/mol. The van der Waals surface area contributed by atoms with Crippen molar-refractivity contribution in [1.82, 2.24) is 20.3 Å². The average Bonchev–Trinajstić information content (AvgIpc) is 3.08. The minimum absolute atomic E-state index is 0.204. The first-order valence-corrected chi connectivity index (χ1v) is 7.51. The second-order valence-electron chi connectivity index (χ2n) is 5.82. The predicted molar refractivity (Wildman–Crippen MR) is 76.3 cm³/mol. The summed E-state index contributed by atoms with van der Waals surface area (Å²) in [6.45, 7) is 0.214. The molecule has 0 radical (unpaired) electrons. The fraction of sp³-hybridized carbons (Fsp3) is 0.714. The molecule has 3 rings (SSSR count). The van der Waals surface area contributed by atoms with Gasteiger partial charge in [-0.25, -0.2) is 4.68 Å². The first-order chi connectivity index (χ1) is 10.2. The average molecular weight is 294 g/mol. The van der Waals surface area contributed by atoms with E-state index in [1.807, 2.05) is 0 Å². The molecule has 1 aliphatic carbocycles. The molecule has 1 fully saturated rings. The van der Waals surface area contributed by atoms with Gasteiger partial charge in [0.2, 0.25) is 0 Å². The van der Waals surface area contributed by atoms with Crippen molar-refractivity contribution in [2.75, 3.05) is 6.61 Å². The molecule has 2 heterocycles. The van der Waals surface area contributed by atoms with Gasteiger partial charge < -0.3 is 20.6 Å². The quantitative estimate of drug-likeness (QED) is 0.585. The van der Waals surface area contributed by atoms with Gasteiger partial charge in [-0.15, -0.1) is 5.10 Å². The van der Waals surface area contributed by atoms with Gasteiger partial charge in [0, 0.05) is 0 Å². The van der Waals surface area contributed by atoms with Crippen LogP contribution in [0.3, 0.4) is 0 Å². The highest BCUT2D eigenvalue weighted by Crippen LogP contribution is 2.26. The number of aromatic nitrogens is 3. The zero-order valence-corrected chi connectivity index (χ0v) is 11.9. The Labute approximate surface area is 123 Å². The third kappa shape index (κ3) is 2.87. The molecule has 116 valence electrons. The van der Waals surface area contributed by atoms with Crippen LogP contribution in [-0.2, 0) is 6.54 Å². The summed E-state index contributed by atoms with van der Waals surface area (Å²) >= 11 is 0. The van der Waals surface area contributed by atoms with E-state index in [1.54, 1.807) is 10.9 Å². The van der Waals surface area contributed by atoms with Gasteiger partial charge in [-0.1, -0.05) is 11.3 Å². The van der Waals surface area contributed by atoms with Gasteiger partial charge in [-0.3, -0.25) is 0 Å². The van der Waals surface area contributed by atoms with Crippen molar-refractivity contribution in [3.63, 3.8) is 0 Å². The summed E-state index contributed by atoms with van der Waals surface area (Å²) in [5.74, 6) is 0. The number of hydrogen-bond donors (Lipinski definition) is 4. The van der Waals surface area contributed by atoms with E-state index in [2.05, 4.69) is 21.7 Å². The van der Waals surface area contributed by atoms with Crippen LogP contribution in [-0.4, -0.2) is 61.2 Å². The number of nitrogens with one attached hydrogen (secondary N) is 1. The number of nitrogens with zero attached hydrogens (tertiary/aromatic N) is 3. The van der Waals surface area contributed by atoms with Crippen LogP contribution in [0.2, 0.25) is 0 Å². The largest absolute Gasteiger partial charge is 0.395 e. The Kier molecular flexibility index (Phi) is 4.34. The minimum atomic E-state index is -0.958. The maximum Gasteiger partial charge on any atom is 0.0990 e. The molecule has 2 aliphatic rings. The summed E-state index contributed by atoms with van der Waals surface area (Å²) in [6, 6.07) is -0.840. The second kappa shape index (κ2) is 6.23. The van der Waals surface area contributed by atoms with Crippen molar-refractivity contribution in [3.8, 4) is 0 Å². The third-order valence-electron chi connectivity index (χ3n) is 4.41. The number of aliphatic hydroxyl groups excluding tert-OH is 3. The minimum Gasteiger partial charge on any atom is -0.395 e. The van der Waals surface area contributed by atoms with Crippen LogP contribution in [0.1, 0.15) is 31.4 Å². The number of aliphatic hydroxyl groups is 3. The SMILES string of the molecule is OC[C@H]1N[C@H](Cn2nncc2C2=CCCCC2)[C@@H](O)[C@@H]1O. The Balaban J connectivity index is 1.74. The van der Waals surface area contributed by atoms with Gasteiger partial charge in [0.1, 0.15) is 0 Å². The van der Waals surface area contributed by atoms with E-state index in [4.69, 9.17) is 0 Å². The molecule has 0 spiro atoms. The molecule has 4 atom stereocenters. The maximum absolute atomic E-state index is 10.1. The Morgan fingerprint density at radius 2 is 2.05 bits per heavy atom. The molecule has 0 bridgehead atoms. The molecule has 1 saturated heterocycles. The van der Waals surface area contributed by atoms with E-state index in [0.717, 1.165) is 18.5 Å². The van der Waals surface area contributed by atoms with Gasteiger partial charge in [-0.2, -0.15) is 0 Å². The van der Waals surface area contributed by atoms with Crippen molar-refractivity contribution >= 4 is 5.57 Å². The third-order valence-corrected chi connectivity index (χ3v) is 4.41. The molecule has 7 heteroatoms. The van der Waals surface area contributed by atoms with E-state index in [9.17, 15) is 15.3 Å². The lowest BCUT2D eigenvalue weighted by molar-refractivity contribution is 0.0175. The summed E-state index contributed by atoms with van der Waals surface area (Å²) in [5.41, 5.74) is 2.23. The normalized spacial score (nSPS) is 33.2. The Bertz CT molecular complexity index is 516. The molecule has 21 heavy (non-hydrogen) atoms. The fourth-order valence-electron chi connectivity index (χ4n) is 3.17. The molecule has 1 aromatic rings. The lowest BCUT2D eigenvalue weighted by Gasteiger charge is -2.18. The van der Waals surface area contributed by atoms with Crippen LogP contribution in [0.4, 0.5) is 0 Å². The van der Waals surface area contributed by atoms with Gasteiger partial charge in [-0.05, 0) is 31.3 Å². The summed E-state index contributed by atoms with van der Waals surface area (Å²) in [4.78, 5) is 0. The fourth-order valence-corrected chi connectivity index (χ4v) is 3.17. The predicted octanol–water partition coefficient (Wildman–Crippen LogP) is -0.710. The molecular formula is C14H22N4O3. The van der Waals surface area contributed by atoms with E-state index in [0.29, 0.717) is 6.54 Å². The lowest BCUT2D eigenvalue weighted by Crippen LogP contribution is -2.38. The lowest BCUT2D eigenvalue weighted by atomic mass is 9.97.